The maximum absolute atomic E-state index is 12.4. The summed E-state index contributed by atoms with van der Waals surface area (Å²) in [6.45, 7) is 8.42. The number of rotatable bonds is 2. The van der Waals surface area contributed by atoms with Crippen LogP contribution in [0.15, 0.2) is 18.2 Å². The SMILES string of the molecule is CC(=O)Nc1ccc(C)c(NC(=O)N2C[C@@H](C)O[C@H](C)C2)c1. The van der Waals surface area contributed by atoms with E-state index >= 15 is 0 Å². The molecule has 2 N–H and O–H groups in total. The average Bonchev–Trinajstić information content (AvgIpc) is 2.40. The molecule has 0 unspecified atom stereocenters. The Bertz CT molecular complexity index is 564. The first-order valence-corrected chi connectivity index (χ1v) is 7.44. The van der Waals surface area contributed by atoms with Gasteiger partial charge < -0.3 is 20.3 Å². The molecule has 0 radical (unpaired) electrons. The summed E-state index contributed by atoms with van der Waals surface area (Å²) < 4.78 is 5.63. The summed E-state index contributed by atoms with van der Waals surface area (Å²) in [4.78, 5) is 25.3. The second-order valence-electron chi connectivity index (χ2n) is 5.80. The van der Waals surface area contributed by atoms with Gasteiger partial charge in [-0.3, -0.25) is 4.79 Å². The predicted molar refractivity (Wildman–Crippen MR) is 86.1 cm³/mol. The predicted octanol–water partition coefficient (Wildman–Crippen LogP) is 2.59. The first-order chi connectivity index (χ1) is 10.3. The van der Waals surface area contributed by atoms with Gasteiger partial charge in [0.25, 0.3) is 0 Å². The van der Waals surface area contributed by atoms with Gasteiger partial charge in [0.05, 0.1) is 12.2 Å². The molecule has 1 heterocycles. The molecule has 0 saturated carbocycles. The molecule has 3 amide bonds. The van der Waals surface area contributed by atoms with E-state index in [0.717, 1.165) is 5.56 Å². The molecule has 0 bridgehead atoms. The number of carbonyl (C=O) groups is 2. The summed E-state index contributed by atoms with van der Waals surface area (Å²) in [6.07, 6.45) is 0.0580. The Hall–Kier alpha value is -2.08. The largest absolute Gasteiger partial charge is 0.372 e. The Morgan fingerprint density at radius 3 is 2.41 bits per heavy atom. The second-order valence-corrected chi connectivity index (χ2v) is 5.80. The number of anilines is 2. The summed E-state index contributed by atoms with van der Waals surface area (Å²) >= 11 is 0. The smallest absolute Gasteiger partial charge is 0.322 e. The van der Waals surface area contributed by atoms with Gasteiger partial charge in [-0.15, -0.1) is 0 Å². The van der Waals surface area contributed by atoms with Gasteiger partial charge in [0, 0.05) is 31.4 Å². The quantitative estimate of drug-likeness (QED) is 0.882. The summed E-state index contributed by atoms with van der Waals surface area (Å²) in [5.74, 6) is -0.142. The van der Waals surface area contributed by atoms with Crippen molar-refractivity contribution in [3.63, 3.8) is 0 Å². The van der Waals surface area contributed by atoms with Crippen LogP contribution in [0, 0.1) is 6.92 Å². The highest BCUT2D eigenvalue weighted by Gasteiger charge is 2.26. The average molecular weight is 305 g/mol. The lowest BCUT2D eigenvalue weighted by Crippen LogP contribution is -2.49. The zero-order chi connectivity index (χ0) is 16.3. The number of nitrogens with one attached hydrogen (secondary N) is 2. The van der Waals surface area contributed by atoms with Crippen LogP contribution in [0.3, 0.4) is 0 Å². The fraction of sp³-hybridized carbons (Fsp3) is 0.500. The highest BCUT2D eigenvalue weighted by molar-refractivity contribution is 5.93. The molecule has 0 spiro atoms. The van der Waals surface area contributed by atoms with Crippen molar-refractivity contribution in [1.29, 1.82) is 0 Å². The Morgan fingerprint density at radius 2 is 1.82 bits per heavy atom. The Morgan fingerprint density at radius 1 is 1.18 bits per heavy atom. The van der Waals surface area contributed by atoms with Crippen LogP contribution in [0.5, 0.6) is 0 Å². The number of hydrogen-bond acceptors (Lipinski definition) is 3. The van der Waals surface area contributed by atoms with Crippen LogP contribution < -0.4 is 10.6 Å². The molecule has 6 heteroatoms. The van der Waals surface area contributed by atoms with Gasteiger partial charge in [0.1, 0.15) is 0 Å². The summed E-state index contributed by atoms with van der Waals surface area (Å²) in [5.41, 5.74) is 2.30. The van der Waals surface area contributed by atoms with Gasteiger partial charge in [-0.1, -0.05) is 6.07 Å². The van der Waals surface area contributed by atoms with Gasteiger partial charge in [-0.05, 0) is 38.5 Å². The van der Waals surface area contributed by atoms with E-state index < -0.39 is 0 Å². The number of benzene rings is 1. The van der Waals surface area contributed by atoms with Gasteiger partial charge in [-0.25, -0.2) is 4.79 Å². The molecule has 1 aliphatic heterocycles. The molecule has 2 rings (SSSR count). The third-order valence-electron chi connectivity index (χ3n) is 3.51. The maximum Gasteiger partial charge on any atom is 0.322 e. The van der Waals surface area contributed by atoms with Crippen molar-refractivity contribution in [3.05, 3.63) is 23.8 Å². The molecule has 1 aromatic rings. The minimum atomic E-state index is -0.148. The normalized spacial score (nSPS) is 21.4. The Kier molecular flexibility index (Phi) is 5.03. The summed E-state index contributed by atoms with van der Waals surface area (Å²) in [6, 6.07) is 5.30. The molecular weight excluding hydrogens is 282 g/mol. The highest BCUT2D eigenvalue weighted by Crippen LogP contribution is 2.21. The van der Waals surface area contributed by atoms with Crippen molar-refractivity contribution in [2.24, 2.45) is 0 Å². The maximum atomic E-state index is 12.4. The molecule has 1 aromatic carbocycles. The second kappa shape index (κ2) is 6.79. The molecular formula is C16H23N3O3. The van der Waals surface area contributed by atoms with E-state index in [0.29, 0.717) is 24.5 Å². The van der Waals surface area contributed by atoms with E-state index in [1.54, 1.807) is 11.0 Å². The number of hydrogen-bond donors (Lipinski definition) is 2. The first-order valence-electron chi connectivity index (χ1n) is 7.44. The van der Waals surface area contributed by atoms with E-state index in [-0.39, 0.29) is 24.1 Å². The zero-order valence-electron chi connectivity index (χ0n) is 13.5. The number of carbonyl (C=O) groups excluding carboxylic acids is 2. The van der Waals surface area contributed by atoms with Crippen LogP contribution in [0.1, 0.15) is 26.3 Å². The molecule has 22 heavy (non-hydrogen) atoms. The van der Waals surface area contributed by atoms with Crippen molar-refractivity contribution >= 4 is 23.3 Å². The molecule has 120 valence electrons. The molecule has 1 fully saturated rings. The van der Waals surface area contributed by atoms with Crippen LogP contribution in [0.2, 0.25) is 0 Å². The van der Waals surface area contributed by atoms with Crippen molar-refractivity contribution in [2.45, 2.75) is 39.9 Å². The van der Waals surface area contributed by atoms with E-state index in [2.05, 4.69) is 10.6 Å². The van der Waals surface area contributed by atoms with E-state index in [1.165, 1.54) is 6.92 Å². The van der Waals surface area contributed by atoms with Crippen LogP contribution in [-0.2, 0) is 9.53 Å². The first kappa shape index (κ1) is 16.3. The minimum Gasteiger partial charge on any atom is -0.372 e. The van der Waals surface area contributed by atoms with Crippen molar-refractivity contribution in [2.75, 3.05) is 23.7 Å². The number of aryl methyl sites for hydroxylation is 1. The van der Waals surface area contributed by atoms with Crippen LogP contribution in [0.4, 0.5) is 16.2 Å². The van der Waals surface area contributed by atoms with E-state index in [9.17, 15) is 9.59 Å². The van der Waals surface area contributed by atoms with Crippen LogP contribution in [0.25, 0.3) is 0 Å². The van der Waals surface area contributed by atoms with Crippen molar-refractivity contribution < 1.29 is 14.3 Å². The molecule has 2 atom stereocenters. The summed E-state index contributed by atoms with van der Waals surface area (Å²) in [7, 11) is 0. The van der Waals surface area contributed by atoms with Gasteiger partial charge in [0.2, 0.25) is 5.91 Å². The van der Waals surface area contributed by atoms with Gasteiger partial charge in [-0.2, -0.15) is 0 Å². The lowest BCUT2D eigenvalue weighted by molar-refractivity contribution is -0.114. The zero-order valence-corrected chi connectivity index (χ0v) is 13.5. The fourth-order valence-corrected chi connectivity index (χ4v) is 2.58. The standard InChI is InChI=1S/C16H23N3O3/c1-10-5-6-14(17-13(4)20)7-15(10)18-16(21)19-8-11(2)22-12(3)9-19/h5-7,11-12H,8-9H2,1-4H3,(H,17,20)(H,18,21)/t11-,12-/m1/s1. The molecule has 6 nitrogen and oxygen atoms in total. The third-order valence-corrected chi connectivity index (χ3v) is 3.51. The minimum absolute atomic E-state index is 0.0290. The number of nitrogens with zero attached hydrogens (tertiary/aromatic N) is 1. The van der Waals surface area contributed by atoms with E-state index in [1.807, 2.05) is 32.9 Å². The number of ether oxygens (including phenoxy) is 1. The molecule has 1 saturated heterocycles. The Balaban J connectivity index is 2.09. The lowest BCUT2D eigenvalue weighted by atomic mass is 10.1. The summed E-state index contributed by atoms with van der Waals surface area (Å²) in [5, 5.41) is 5.63. The molecule has 1 aliphatic rings. The van der Waals surface area contributed by atoms with Gasteiger partial charge in [0.15, 0.2) is 0 Å². The van der Waals surface area contributed by atoms with Crippen LogP contribution >= 0.6 is 0 Å². The van der Waals surface area contributed by atoms with Gasteiger partial charge >= 0.3 is 6.03 Å². The van der Waals surface area contributed by atoms with Crippen LogP contribution in [-0.4, -0.2) is 42.1 Å². The topological polar surface area (TPSA) is 70.7 Å². The number of morpholine rings is 1. The number of amides is 3. The van der Waals surface area contributed by atoms with Crippen molar-refractivity contribution in [3.8, 4) is 0 Å². The monoisotopic (exact) mass is 305 g/mol. The fourth-order valence-electron chi connectivity index (χ4n) is 2.58. The van der Waals surface area contributed by atoms with Crippen molar-refractivity contribution in [1.82, 2.24) is 4.90 Å². The number of urea groups is 1. The Labute approximate surface area is 130 Å². The highest BCUT2D eigenvalue weighted by atomic mass is 16.5. The third kappa shape index (κ3) is 4.21. The molecule has 0 aliphatic carbocycles. The van der Waals surface area contributed by atoms with E-state index in [4.69, 9.17) is 4.74 Å². The molecule has 0 aromatic heterocycles. The lowest BCUT2D eigenvalue weighted by Gasteiger charge is -2.35.